The fraction of sp³-hybridized carbons (Fsp3) is 0.360. The molecule has 2 atom stereocenters. The number of ether oxygens (including phenoxy) is 2. The number of thioether (sulfide) groups is 1. The van der Waals surface area contributed by atoms with Gasteiger partial charge in [0, 0.05) is 36.2 Å². The van der Waals surface area contributed by atoms with E-state index in [0.29, 0.717) is 66.8 Å². The van der Waals surface area contributed by atoms with E-state index in [2.05, 4.69) is 25.5 Å². The van der Waals surface area contributed by atoms with E-state index in [1.165, 1.54) is 11.8 Å². The number of aromatic nitrogens is 2. The quantitative estimate of drug-likeness (QED) is 0.438. The van der Waals surface area contributed by atoms with Crippen LogP contribution in [0, 0.1) is 0 Å². The molecule has 2 aromatic carbocycles. The molecule has 1 saturated heterocycles. The number of piperidine rings is 1. The van der Waals surface area contributed by atoms with Crippen molar-refractivity contribution in [2.24, 2.45) is 0 Å². The Hall–Kier alpha value is -3.41. The van der Waals surface area contributed by atoms with Crippen molar-refractivity contribution in [2.75, 3.05) is 44.4 Å². The van der Waals surface area contributed by atoms with Gasteiger partial charge < -0.3 is 25.2 Å². The second kappa shape index (κ2) is 10.7. The molecule has 0 radical (unpaired) electrons. The first-order chi connectivity index (χ1) is 17.5. The van der Waals surface area contributed by atoms with Gasteiger partial charge in [0.05, 0.1) is 47.9 Å². The number of nitrogens with one attached hydrogen (secondary N) is 2. The number of likely N-dealkylation sites (tertiary alicyclic amines) is 1. The average Bonchev–Trinajstić information content (AvgIpc) is 2.89. The van der Waals surface area contributed by atoms with E-state index in [1.807, 2.05) is 24.3 Å². The zero-order valence-electron chi connectivity index (χ0n) is 19.8. The minimum absolute atomic E-state index is 0.0790. The monoisotopic (exact) mass is 509 g/mol. The highest BCUT2D eigenvalue weighted by Gasteiger charge is 2.29. The Labute approximate surface area is 212 Å². The highest BCUT2D eigenvalue weighted by atomic mass is 32.2. The van der Waals surface area contributed by atoms with Crippen molar-refractivity contribution >= 4 is 40.3 Å². The van der Waals surface area contributed by atoms with Crippen LogP contribution >= 0.6 is 11.8 Å². The topological polar surface area (TPSA) is 126 Å². The number of β-amino-alcohol motifs (C(OH)–C–C–N with tert-alkyl or cyclic N) is 1. The second-order valence-electron chi connectivity index (χ2n) is 8.70. The smallest absolute Gasteiger partial charge is 0.251 e. The molecule has 1 aromatic heterocycles. The lowest BCUT2D eigenvalue weighted by Crippen LogP contribution is -2.54. The first kappa shape index (κ1) is 24.3. The molecule has 0 aliphatic carbocycles. The molecule has 0 bridgehead atoms. The molecule has 3 aromatic rings. The van der Waals surface area contributed by atoms with E-state index in [-0.39, 0.29) is 17.9 Å². The number of hydrogen-bond donors (Lipinski definition) is 3. The highest BCUT2D eigenvalue weighted by Crippen LogP contribution is 2.32. The van der Waals surface area contributed by atoms with Crippen LogP contribution in [0.5, 0.6) is 11.6 Å². The molecule has 0 spiro atoms. The third-order valence-electron chi connectivity index (χ3n) is 6.24. The normalized spacial score (nSPS) is 19.9. The maximum atomic E-state index is 12.8. The Balaban J connectivity index is 1.10. The number of fused-ring (bicyclic) bond motifs is 2. The summed E-state index contributed by atoms with van der Waals surface area (Å²) in [6.07, 6.45) is 1.50. The molecule has 11 heteroatoms. The van der Waals surface area contributed by atoms with Crippen LogP contribution in [0.4, 0.5) is 5.69 Å². The van der Waals surface area contributed by atoms with E-state index < -0.39 is 6.10 Å². The third kappa shape index (κ3) is 5.53. The molecule has 5 rings (SSSR count). The maximum absolute atomic E-state index is 12.8. The second-order valence-corrected chi connectivity index (χ2v) is 9.71. The standard InChI is InChI=1S/C25H27N5O5S/c1-34-16-3-4-17-19(11-16)28-24(12-26-17)35-9-8-30-7-6-18(21(31)13-30)29-25(33)15-2-5-22-20(10-15)27-23(32)14-36-22/h2-5,10-12,18,21,31H,6-9,13-14H2,1H3,(H,27,32)(H,29,33)/t18-,21-/m0/s1. The fourth-order valence-electron chi connectivity index (χ4n) is 4.29. The Kier molecular flexibility index (Phi) is 7.21. The lowest BCUT2D eigenvalue weighted by molar-refractivity contribution is -0.113. The highest BCUT2D eigenvalue weighted by molar-refractivity contribution is 8.00. The van der Waals surface area contributed by atoms with Crippen molar-refractivity contribution in [1.82, 2.24) is 20.2 Å². The van der Waals surface area contributed by atoms with Gasteiger partial charge in [-0.2, -0.15) is 0 Å². The number of nitrogens with zero attached hydrogens (tertiary/aromatic N) is 3. The Morgan fingerprint density at radius 1 is 1.28 bits per heavy atom. The SMILES string of the molecule is COc1ccc2ncc(OCCN3CC[C@H](NC(=O)c4ccc5c(c4)NC(=O)CS5)[C@@H](O)C3)nc2c1. The van der Waals surface area contributed by atoms with Gasteiger partial charge in [0.1, 0.15) is 12.4 Å². The van der Waals surface area contributed by atoms with Gasteiger partial charge in [-0.05, 0) is 36.8 Å². The minimum Gasteiger partial charge on any atom is -0.497 e. The maximum Gasteiger partial charge on any atom is 0.251 e. The third-order valence-corrected chi connectivity index (χ3v) is 7.32. The summed E-state index contributed by atoms with van der Waals surface area (Å²) in [4.78, 5) is 36.3. The Bertz CT molecular complexity index is 1290. The molecule has 2 aliphatic heterocycles. The molecule has 2 aliphatic rings. The van der Waals surface area contributed by atoms with E-state index in [4.69, 9.17) is 9.47 Å². The van der Waals surface area contributed by atoms with Gasteiger partial charge >= 0.3 is 0 Å². The molecule has 3 N–H and O–H groups in total. The number of benzene rings is 2. The molecule has 188 valence electrons. The molecule has 10 nitrogen and oxygen atoms in total. The molecule has 36 heavy (non-hydrogen) atoms. The van der Waals surface area contributed by atoms with Gasteiger partial charge in [0.15, 0.2) is 0 Å². The van der Waals surface area contributed by atoms with E-state index in [0.717, 1.165) is 10.4 Å². The Morgan fingerprint density at radius 2 is 2.17 bits per heavy atom. The van der Waals surface area contributed by atoms with Crippen LogP contribution in [-0.2, 0) is 4.79 Å². The van der Waals surface area contributed by atoms with Gasteiger partial charge in [0.2, 0.25) is 11.8 Å². The summed E-state index contributed by atoms with van der Waals surface area (Å²) < 4.78 is 11.0. The summed E-state index contributed by atoms with van der Waals surface area (Å²) >= 11 is 1.45. The van der Waals surface area contributed by atoms with E-state index in [1.54, 1.807) is 25.4 Å². The molecular weight excluding hydrogens is 482 g/mol. The van der Waals surface area contributed by atoms with Crippen molar-refractivity contribution in [2.45, 2.75) is 23.5 Å². The lowest BCUT2D eigenvalue weighted by Gasteiger charge is -2.36. The van der Waals surface area contributed by atoms with Crippen molar-refractivity contribution < 1.29 is 24.2 Å². The molecule has 0 unspecified atom stereocenters. The summed E-state index contributed by atoms with van der Waals surface area (Å²) in [6, 6.07) is 10.4. The van der Waals surface area contributed by atoms with Gasteiger partial charge in [-0.3, -0.25) is 14.5 Å². The van der Waals surface area contributed by atoms with Crippen LogP contribution in [0.2, 0.25) is 0 Å². The zero-order chi connectivity index (χ0) is 25.1. The van der Waals surface area contributed by atoms with Crippen molar-refractivity contribution in [3.8, 4) is 11.6 Å². The van der Waals surface area contributed by atoms with Gasteiger partial charge in [-0.25, -0.2) is 9.97 Å². The van der Waals surface area contributed by atoms with Crippen LogP contribution in [0.3, 0.4) is 0 Å². The number of aliphatic hydroxyl groups excluding tert-OH is 1. The van der Waals surface area contributed by atoms with Crippen LogP contribution in [0.25, 0.3) is 11.0 Å². The summed E-state index contributed by atoms with van der Waals surface area (Å²) in [5.74, 6) is 1.16. The van der Waals surface area contributed by atoms with Gasteiger partial charge in [0.25, 0.3) is 5.91 Å². The van der Waals surface area contributed by atoms with Crippen LogP contribution < -0.4 is 20.1 Å². The van der Waals surface area contributed by atoms with E-state index in [9.17, 15) is 14.7 Å². The predicted molar refractivity (Wildman–Crippen MR) is 136 cm³/mol. The van der Waals surface area contributed by atoms with E-state index >= 15 is 0 Å². The first-order valence-corrected chi connectivity index (χ1v) is 12.7. The molecular formula is C25H27N5O5S. The number of amides is 2. The first-order valence-electron chi connectivity index (χ1n) is 11.7. The molecule has 3 heterocycles. The summed E-state index contributed by atoms with van der Waals surface area (Å²) in [5, 5.41) is 16.4. The predicted octanol–water partition coefficient (Wildman–Crippen LogP) is 1.93. The number of aliphatic hydroxyl groups is 1. The number of carbonyl (C=O) groups is 2. The fourth-order valence-corrected chi connectivity index (χ4v) is 5.08. The lowest BCUT2D eigenvalue weighted by atomic mass is 10.0. The Morgan fingerprint density at radius 3 is 3.00 bits per heavy atom. The number of anilines is 1. The summed E-state index contributed by atoms with van der Waals surface area (Å²) in [6.45, 7) is 2.14. The summed E-state index contributed by atoms with van der Waals surface area (Å²) in [7, 11) is 1.60. The number of carbonyl (C=O) groups excluding carboxylic acids is 2. The van der Waals surface area contributed by atoms with Gasteiger partial charge in [-0.1, -0.05) is 0 Å². The van der Waals surface area contributed by atoms with Crippen molar-refractivity contribution in [1.29, 1.82) is 0 Å². The van der Waals surface area contributed by atoms with Crippen molar-refractivity contribution in [3.05, 3.63) is 48.2 Å². The minimum atomic E-state index is -0.705. The van der Waals surface area contributed by atoms with Crippen molar-refractivity contribution in [3.63, 3.8) is 0 Å². The zero-order valence-corrected chi connectivity index (χ0v) is 20.6. The molecule has 2 amide bonds. The number of methoxy groups -OCH3 is 1. The molecule has 0 saturated carbocycles. The number of hydrogen-bond acceptors (Lipinski definition) is 9. The largest absolute Gasteiger partial charge is 0.497 e. The van der Waals surface area contributed by atoms with Crippen LogP contribution in [-0.4, -0.2) is 83.0 Å². The number of rotatable bonds is 7. The summed E-state index contributed by atoms with van der Waals surface area (Å²) in [5.41, 5.74) is 2.55. The average molecular weight is 510 g/mol. The van der Waals surface area contributed by atoms with Gasteiger partial charge in [-0.15, -0.1) is 11.8 Å². The van der Waals surface area contributed by atoms with Crippen LogP contribution in [0.15, 0.2) is 47.5 Å². The van der Waals surface area contributed by atoms with Crippen LogP contribution in [0.1, 0.15) is 16.8 Å². The molecule has 1 fully saturated rings.